The van der Waals surface area contributed by atoms with E-state index < -0.39 is 5.91 Å². The Bertz CT molecular complexity index is 968. The summed E-state index contributed by atoms with van der Waals surface area (Å²) in [7, 11) is 1.34. The summed E-state index contributed by atoms with van der Waals surface area (Å²) in [6.07, 6.45) is 2.27. The van der Waals surface area contributed by atoms with Crippen LogP contribution in [0.25, 0.3) is 0 Å². The Balaban J connectivity index is 1.86. The molecule has 1 amide bonds. The lowest BCUT2D eigenvalue weighted by molar-refractivity contribution is -0.139. The maximum absolute atomic E-state index is 11.9. The van der Waals surface area contributed by atoms with Crippen LogP contribution in [-0.4, -0.2) is 42.0 Å². The molecule has 2 heterocycles. The van der Waals surface area contributed by atoms with Crippen molar-refractivity contribution in [2.75, 3.05) is 25.6 Å². The highest BCUT2D eigenvalue weighted by molar-refractivity contribution is 9.10. The molecule has 1 unspecified atom stereocenters. The molecule has 0 saturated carbocycles. The summed E-state index contributed by atoms with van der Waals surface area (Å²) >= 11 is 3.43. The number of halogens is 1. The summed E-state index contributed by atoms with van der Waals surface area (Å²) < 4.78 is 12.4. The molecule has 0 aliphatic carbocycles. The predicted octanol–water partition coefficient (Wildman–Crippen LogP) is 2.30. The Morgan fingerprint density at radius 3 is 2.97 bits per heavy atom. The van der Waals surface area contributed by atoms with E-state index in [1.165, 1.54) is 13.3 Å². The summed E-state index contributed by atoms with van der Waals surface area (Å²) in [5, 5.41) is 16.9. The molecule has 1 fully saturated rings. The van der Waals surface area contributed by atoms with E-state index in [-0.39, 0.29) is 35.7 Å². The number of aromatic nitrogens is 2. The van der Waals surface area contributed by atoms with Crippen molar-refractivity contribution in [1.82, 2.24) is 9.78 Å². The normalized spacial score (nSPS) is 18.7. The van der Waals surface area contributed by atoms with Crippen molar-refractivity contribution < 1.29 is 19.1 Å². The number of ether oxygens (including phenoxy) is 2. The van der Waals surface area contributed by atoms with E-state index in [4.69, 9.17) is 10.5 Å². The summed E-state index contributed by atoms with van der Waals surface area (Å²) in [5.41, 5.74) is 7.13. The highest BCUT2D eigenvalue weighted by Crippen LogP contribution is 2.29. The maximum Gasteiger partial charge on any atom is 0.310 e. The zero-order chi connectivity index (χ0) is 21.0. The molecular weight excluding hydrogens is 442 g/mol. The van der Waals surface area contributed by atoms with Gasteiger partial charge in [0.1, 0.15) is 5.56 Å². The van der Waals surface area contributed by atoms with E-state index in [0.717, 1.165) is 5.56 Å². The lowest BCUT2D eigenvalue weighted by Gasteiger charge is -2.26. The number of esters is 1. The van der Waals surface area contributed by atoms with Crippen LogP contribution >= 0.6 is 15.9 Å². The van der Waals surface area contributed by atoms with Crippen LogP contribution in [0.2, 0.25) is 0 Å². The first-order valence-electron chi connectivity index (χ1n) is 8.91. The van der Waals surface area contributed by atoms with Crippen LogP contribution < -0.4 is 11.1 Å². The van der Waals surface area contributed by atoms with Crippen molar-refractivity contribution >= 4 is 39.3 Å². The van der Waals surface area contributed by atoms with Crippen molar-refractivity contribution in [2.24, 2.45) is 11.7 Å². The molecule has 0 spiro atoms. The van der Waals surface area contributed by atoms with E-state index in [0.29, 0.717) is 29.8 Å². The molecule has 1 aromatic heterocycles. The summed E-state index contributed by atoms with van der Waals surface area (Å²) in [6, 6.07) is 7.27. The number of nitrogens with one attached hydrogen (secondary N) is 1. The molecule has 152 valence electrons. The Morgan fingerprint density at radius 2 is 2.31 bits per heavy atom. The smallest absolute Gasteiger partial charge is 0.310 e. The Morgan fingerprint density at radius 1 is 1.52 bits per heavy atom. The van der Waals surface area contributed by atoms with Gasteiger partial charge < -0.3 is 20.5 Å². The average Bonchev–Trinajstić information content (AvgIpc) is 3.13. The molecule has 0 bridgehead atoms. The van der Waals surface area contributed by atoms with Gasteiger partial charge in [-0.25, -0.2) is 0 Å². The fourth-order valence-corrected chi connectivity index (χ4v) is 3.62. The lowest BCUT2D eigenvalue weighted by Crippen LogP contribution is -2.29. The van der Waals surface area contributed by atoms with Gasteiger partial charge in [-0.2, -0.15) is 10.4 Å². The topological polar surface area (TPSA) is 132 Å². The third-order valence-corrected chi connectivity index (χ3v) is 5.45. The van der Waals surface area contributed by atoms with Crippen LogP contribution in [0.15, 0.2) is 28.9 Å². The maximum atomic E-state index is 11.9. The van der Waals surface area contributed by atoms with Crippen LogP contribution in [0.1, 0.15) is 28.4 Å². The van der Waals surface area contributed by atoms with Crippen molar-refractivity contribution in [3.05, 3.63) is 40.0 Å². The largest absolute Gasteiger partial charge is 0.469 e. The number of nitrogens with zero attached hydrogens (tertiary/aromatic N) is 3. The molecule has 3 N–H and O–H groups in total. The minimum absolute atomic E-state index is 0.135. The first-order chi connectivity index (χ1) is 13.9. The zero-order valence-electron chi connectivity index (χ0n) is 15.7. The number of methoxy groups -OCH3 is 1. The SMILES string of the molecule is COC(=O)Cc1ccc(Nc2nn(C3COCC[C@@H]3C#N)cc2C(N)=O)cc1Br. The van der Waals surface area contributed by atoms with Crippen LogP contribution in [0, 0.1) is 17.2 Å². The predicted molar refractivity (Wildman–Crippen MR) is 107 cm³/mol. The molecule has 29 heavy (non-hydrogen) atoms. The quantitative estimate of drug-likeness (QED) is 0.630. The molecule has 2 atom stereocenters. The Labute approximate surface area is 175 Å². The minimum atomic E-state index is -0.634. The fraction of sp³-hybridized carbons (Fsp3) is 0.368. The van der Waals surface area contributed by atoms with Gasteiger partial charge in [-0.1, -0.05) is 22.0 Å². The lowest BCUT2D eigenvalue weighted by atomic mass is 9.97. The molecule has 2 aromatic rings. The molecular formula is C19H20BrN5O4. The molecule has 9 nitrogen and oxygen atoms in total. The second-order valence-electron chi connectivity index (χ2n) is 6.59. The van der Waals surface area contributed by atoms with E-state index in [1.54, 1.807) is 22.9 Å². The number of nitriles is 1. The molecule has 10 heteroatoms. The summed E-state index contributed by atoms with van der Waals surface area (Å²) in [4.78, 5) is 23.4. The third-order valence-electron chi connectivity index (χ3n) is 4.71. The fourth-order valence-electron chi connectivity index (χ4n) is 3.10. The number of rotatable bonds is 6. The van der Waals surface area contributed by atoms with Gasteiger partial charge in [0, 0.05) is 23.0 Å². The minimum Gasteiger partial charge on any atom is -0.469 e. The zero-order valence-corrected chi connectivity index (χ0v) is 17.3. The standard InChI is InChI=1S/C19H20BrN5O4/c1-28-17(26)6-11-2-3-13(7-15(11)20)23-19-14(18(22)27)9-25(24-19)16-10-29-5-4-12(16)8-21/h2-3,7,9,12,16H,4-6,10H2,1H3,(H2,22,27)(H,23,24)/t12-,16?/m1/s1. The van der Waals surface area contributed by atoms with Gasteiger partial charge in [-0.05, 0) is 24.1 Å². The van der Waals surface area contributed by atoms with Crippen LogP contribution in [0.5, 0.6) is 0 Å². The number of benzene rings is 1. The highest BCUT2D eigenvalue weighted by atomic mass is 79.9. The van der Waals surface area contributed by atoms with Crippen LogP contribution in [0.3, 0.4) is 0 Å². The van der Waals surface area contributed by atoms with Gasteiger partial charge in [0.15, 0.2) is 5.82 Å². The molecule has 1 saturated heterocycles. The second kappa shape index (κ2) is 9.07. The van der Waals surface area contributed by atoms with Crippen molar-refractivity contribution in [1.29, 1.82) is 5.26 Å². The van der Waals surface area contributed by atoms with Crippen LogP contribution in [0.4, 0.5) is 11.5 Å². The Hall–Kier alpha value is -2.90. The molecule has 1 aliphatic rings. The average molecular weight is 462 g/mol. The van der Waals surface area contributed by atoms with Gasteiger partial charge in [0.25, 0.3) is 5.91 Å². The first kappa shape index (κ1) is 20.8. The number of hydrogen-bond acceptors (Lipinski definition) is 7. The number of amides is 1. The highest BCUT2D eigenvalue weighted by Gasteiger charge is 2.29. The van der Waals surface area contributed by atoms with E-state index in [1.807, 2.05) is 0 Å². The van der Waals surface area contributed by atoms with Gasteiger partial charge in [0.2, 0.25) is 0 Å². The Kier molecular flexibility index (Phi) is 6.51. The number of carbonyl (C=O) groups is 2. The molecule has 3 rings (SSSR count). The van der Waals surface area contributed by atoms with E-state index in [2.05, 4.69) is 37.2 Å². The monoisotopic (exact) mass is 461 g/mol. The summed E-state index contributed by atoms with van der Waals surface area (Å²) in [6.45, 7) is 0.862. The first-order valence-corrected chi connectivity index (χ1v) is 9.70. The van der Waals surface area contributed by atoms with Crippen molar-refractivity contribution in [3.8, 4) is 6.07 Å². The van der Waals surface area contributed by atoms with E-state index in [9.17, 15) is 14.9 Å². The number of nitrogens with two attached hydrogens (primary N) is 1. The van der Waals surface area contributed by atoms with Gasteiger partial charge in [0.05, 0.1) is 38.2 Å². The number of primary amides is 1. The second-order valence-corrected chi connectivity index (χ2v) is 7.44. The summed E-state index contributed by atoms with van der Waals surface area (Å²) in [5.74, 6) is -0.954. The van der Waals surface area contributed by atoms with Gasteiger partial charge in [-0.3, -0.25) is 14.3 Å². The number of anilines is 2. The van der Waals surface area contributed by atoms with Gasteiger partial charge in [-0.15, -0.1) is 0 Å². The molecule has 0 radical (unpaired) electrons. The third kappa shape index (κ3) is 4.75. The van der Waals surface area contributed by atoms with Gasteiger partial charge >= 0.3 is 5.97 Å². The number of hydrogen-bond donors (Lipinski definition) is 2. The number of carbonyl (C=O) groups excluding carboxylic acids is 2. The van der Waals surface area contributed by atoms with Crippen molar-refractivity contribution in [2.45, 2.75) is 18.9 Å². The molecule has 1 aliphatic heterocycles. The van der Waals surface area contributed by atoms with Crippen molar-refractivity contribution in [3.63, 3.8) is 0 Å². The van der Waals surface area contributed by atoms with E-state index >= 15 is 0 Å². The molecule has 1 aromatic carbocycles. The van der Waals surface area contributed by atoms with Crippen LogP contribution in [-0.2, 0) is 20.7 Å².